The average molecular weight is 327 g/mol. The second-order valence-electron chi connectivity index (χ2n) is 5.65. The number of hydrogen-bond donors (Lipinski definition) is 1. The standard InChI is InChI=1S/C20H22FNO2/c1-15-12-18(13-16(2)19(15)21)10-6-7-11-22-20(23)24-14-17-8-4-3-5-9-17/h3-6,8-10,12-13H,7,11,14H2,1-2H3,(H,22,23). The zero-order valence-corrected chi connectivity index (χ0v) is 14.0. The number of aryl methyl sites for hydroxylation is 2. The van der Waals surface area contributed by atoms with Gasteiger partial charge in [0.2, 0.25) is 0 Å². The van der Waals surface area contributed by atoms with Crippen LogP contribution in [0.5, 0.6) is 0 Å². The molecule has 0 unspecified atom stereocenters. The van der Waals surface area contributed by atoms with Gasteiger partial charge in [0.05, 0.1) is 0 Å². The van der Waals surface area contributed by atoms with Crippen molar-refractivity contribution in [3.63, 3.8) is 0 Å². The van der Waals surface area contributed by atoms with Gasteiger partial charge in [-0.1, -0.05) is 42.5 Å². The van der Waals surface area contributed by atoms with Gasteiger partial charge in [0.1, 0.15) is 12.4 Å². The van der Waals surface area contributed by atoms with E-state index in [2.05, 4.69) is 5.32 Å². The Labute approximate surface area is 142 Å². The smallest absolute Gasteiger partial charge is 0.407 e. The molecule has 0 aliphatic rings. The highest BCUT2D eigenvalue weighted by Gasteiger charge is 2.03. The molecule has 2 aromatic carbocycles. The minimum atomic E-state index is -0.430. The summed E-state index contributed by atoms with van der Waals surface area (Å²) in [5.74, 6) is -0.157. The lowest BCUT2D eigenvalue weighted by atomic mass is 10.1. The predicted molar refractivity (Wildman–Crippen MR) is 94.2 cm³/mol. The Balaban J connectivity index is 1.69. The van der Waals surface area contributed by atoms with Crippen LogP contribution in [0.4, 0.5) is 9.18 Å². The number of nitrogens with one attached hydrogen (secondary N) is 1. The van der Waals surface area contributed by atoms with Crippen LogP contribution >= 0.6 is 0 Å². The summed E-state index contributed by atoms with van der Waals surface area (Å²) in [7, 11) is 0. The number of rotatable bonds is 6. The van der Waals surface area contributed by atoms with E-state index in [4.69, 9.17) is 4.74 Å². The summed E-state index contributed by atoms with van der Waals surface area (Å²) in [4.78, 5) is 11.6. The summed E-state index contributed by atoms with van der Waals surface area (Å²) < 4.78 is 18.7. The highest BCUT2D eigenvalue weighted by Crippen LogP contribution is 2.15. The van der Waals surface area contributed by atoms with Gasteiger partial charge >= 0.3 is 6.09 Å². The third kappa shape index (κ3) is 5.54. The molecule has 126 valence electrons. The van der Waals surface area contributed by atoms with Crippen molar-refractivity contribution in [2.24, 2.45) is 0 Å². The van der Waals surface area contributed by atoms with E-state index in [0.29, 0.717) is 24.1 Å². The number of hydrogen-bond acceptors (Lipinski definition) is 2. The second kappa shape index (κ2) is 8.87. The van der Waals surface area contributed by atoms with Crippen molar-refractivity contribution < 1.29 is 13.9 Å². The van der Waals surface area contributed by atoms with Crippen LogP contribution in [0.2, 0.25) is 0 Å². The Kier molecular flexibility index (Phi) is 6.55. The van der Waals surface area contributed by atoms with E-state index in [1.165, 1.54) is 0 Å². The van der Waals surface area contributed by atoms with E-state index < -0.39 is 6.09 Å². The quantitative estimate of drug-likeness (QED) is 0.776. The van der Waals surface area contributed by atoms with Gasteiger partial charge in [-0.05, 0) is 54.7 Å². The molecular formula is C20H22FNO2. The van der Waals surface area contributed by atoms with E-state index in [1.807, 2.05) is 42.5 Å². The molecule has 1 amide bonds. The van der Waals surface area contributed by atoms with Crippen molar-refractivity contribution in [3.05, 3.63) is 76.6 Å². The molecule has 0 atom stereocenters. The van der Waals surface area contributed by atoms with Crippen molar-refractivity contribution in [1.29, 1.82) is 0 Å². The first-order chi connectivity index (χ1) is 11.6. The fraction of sp³-hybridized carbons (Fsp3) is 0.250. The van der Waals surface area contributed by atoms with Crippen molar-refractivity contribution in [3.8, 4) is 0 Å². The van der Waals surface area contributed by atoms with E-state index >= 15 is 0 Å². The fourth-order valence-electron chi connectivity index (χ4n) is 2.33. The van der Waals surface area contributed by atoms with Gasteiger partial charge < -0.3 is 10.1 Å². The average Bonchev–Trinajstić information content (AvgIpc) is 2.58. The predicted octanol–water partition coefficient (Wildman–Crippen LogP) is 4.77. The van der Waals surface area contributed by atoms with Crippen molar-refractivity contribution >= 4 is 12.2 Å². The largest absolute Gasteiger partial charge is 0.445 e. The zero-order chi connectivity index (χ0) is 17.4. The maximum Gasteiger partial charge on any atom is 0.407 e. The number of benzene rings is 2. The molecule has 0 fully saturated rings. The molecule has 0 radical (unpaired) electrons. The van der Waals surface area contributed by atoms with Gasteiger partial charge in [-0.3, -0.25) is 0 Å². The van der Waals surface area contributed by atoms with Gasteiger partial charge in [0.15, 0.2) is 0 Å². The van der Waals surface area contributed by atoms with Gasteiger partial charge in [-0.15, -0.1) is 0 Å². The van der Waals surface area contributed by atoms with E-state index in [-0.39, 0.29) is 12.4 Å². The molecule has 0 saturated heterocycles. The van der Waals surface area contributed by atoms with Crippen molar-refractivity contribution in [2.45, 2.75) is 26.9 Å². The van der Waals surface area contributed by atoms with E-state index in [1.54, 1.807) is 26.0 Å². The minimum Gasteiger partial charge on any atom is -0.445 e. The Morgan fingerprint density at radius 3 is 2.50 bits per heavy atom. The number of alkyl carbamates (subject to hydrolysis) is 1. The van der Waals surface area contributed by atoms with Gasteiger partial charge in [-0.2, -0.15) is 0 Å². The first kappa shape index (κ1) is 17.7. The fourth-order valence-corrected chi connectivity index (χ4v) is 2.33. The first-order valence-corrected chi connectivity index (χ1v) is 7.94. The molecule has 0 aliphatic carbocycles. The van der Waals surface area contributed by atoms with Crippen molar-refractivity contribution in [2.75, 3.05) is 6.54 Å². The van der Waals surface area contributed by atoms with Crippen LogP contribution in [-0.4, -0.2) is 12.6 Å². The van der Waals surface area contributed by atoms with Gasteiger partial charge in [0.25, 0.3) is 0 Å². The van der Waals surface area contributed by atoms with Crippen LogP contribution in [0.15, 0.2) is 48.5 Å². The Morgan fingerprint density at radius 2 is 1.83 bits per heavy atom. The summed E-state index contributed by atoms with van der Waals surface area (Å²) in [6.07, 6.45) is 4.12. The first-order valence-electron chi connectivity index (χ1n) is 7.94. The normalized spacial score (nSPS) is 10.8. The topological polar surface area (TPSA) is 38.3 Å². The molecule has 4 heteroatoms. The summed E-state index contributed by atoms with van der Waals surface area (Å²) in [6.45, 7) is 4.26. The zero-order valence-electron chi connectivity index (χ0n) is 14.0. The highest BCUT2D eigenvalue weighted by atomic mass is 19.1. The van der Waals surface area contributed by atoms with Crippen LogP contribution in [0.1, 0.15) is 28.7 Å². The molecular weight excluding hydrogens is 305 g/mol. The van der Waals surface area contributed by atoms with E-state index in [0.717, 1.165) is 11.1 Å². The molecule has 3 nitrogen and oxygen atoms in total. The Morgan fingerprint density at radius 1 is 1.17 bits per heavy atom. The molecule has 0 spiro atoms. The van der Waals surface area contributed by atoms with Crippen LogP contribution in [-0.2, 0) is 11.3 Å². The molecule has 24 heavy (non-hydrogen) atoms. The maximum absolute atomic E-state index is 13.6. The monoisotopic (exact) mass is 327 g/mol. The molecule has 0 saturated carbocycles. The summed E-state index contributed by atoms with van der Waals surface area (Å²) in [5, 5.41) is 2.70. The van der Waals surface area contributed by atoms with Crippen LogP contribution < -0.4 is 5.32 Å². The lowest BCUT2D eigenvalue weighted by Crippen LogP contribution is -2.24. The summed E-state index contributed by atoms with van der Waals surface area (Å²) in [5.41, 5.74) is 3.18. The van der Waals surface area contributed by atoms with Gasteiger partial charge in [0, 0.05) is 6.54 Å². The van der Waals surface area contributed by atoms with Crippen LogP contribution in [0, 0.1) is 19.7 Å². The van der Waals surface area contributed by atoms with Crippen LogP contribution in [0.3, 0.4) is 0 Å². The van der Waals surface area contributed by atoms with Crippen molar-refractivity contribution in [1.82, 2.24) is 5.32 Å². The third-order valence-corrected chi connectivity index (χ3v) is 3.56. The molecule has 0 bridgehead atoms. The lowest BCUT2D eigenvalue weighted by Gasteiger charge is -2.06. The SMILES string of the molecule is Cc1cc(C=CCCNC(=O)OCc2ccccc2)cc(C)c1F. The third-order valence-electron chi connectivity index (χ3n) is 3.56. The molecule has 0 heterocycles. The van der Waals surface area contributed by atoms with Crippen LogP contribution in [0.25, 0.3) is 6.08 Å². The molecule has 0 aliphatic heterocycles. The highest BCUT2D eigenvalue weighted by molar-refractivity contribution is 5.67. The minimum absolute atomic E-state index is 0.157. The second-order valence-corrected chi connectivity index (χ2v) is 5.65. The summed E-state index contributed by atoms with van der Waals surface area (Å²) in [6, 6.07) is 13.1. The Hall–Kier alpha value is -2.62. The summed E-state index contributed by atoms with van der Waals surface area (Å²) >= 11 is 0. The molecule has 2 rings (SSSR count). The number of halogens is 1. The Bertz CT molecular complexity index is 688. The molecule has 2 aromatic rings. The number of amides is 1. The number of carbonyl (C=O) groups excluding carboxylic acids is 1. The number of carbonyl (C=O) groups is 1. The lowest BCUT2D eigenvalue weighted by molar-refractivity contribution is 0.140. The van der Waals surface area contributed by atoms with Gasteiger partial charge in [-0.25, -0.2) is 9.18 Å². The van der Waals surface area contributed by atoms with E-state index in [9.17, 15) is 9.18 Å². The maximum atomic E-state index is 13.6. The molecule has 1 N–H and O–H groups in total. The molecule has 0 aromatic heterocycles. The number of ether oxygens (including phenoxy) is 1.